The molecule has 0 radical (unpaired) electrons. The molecule has 0 aliphatic heterocycles. The van der Waals surface area contributed by atoms with E-state index in [2.05, 4.69) is 17.2 Å². The van der Waals surface area contributed by atoms with Gasteiger partial charge >= 0.3 is 0 Å². The van der Waals surface area contributed by atoms with Crippen molar-refractivity contribution in [1.29, 1.82) is 0 Å². The average molecular weight is 307 g/mol. The van der Waals surface area contributed by atoms with Crippen LogP contribution < -0.4 is 5.32 Å². The summed E-state index contributed by atoms with van der Waals surface area (Å²) in [6.45, 7) is 1.50. The van der Waals surface area contributed by atoms with E-state index >= 15 is 0 Å². The van der Waals surface area contributed by atoms with Crippen LogP contribution in [0, 0.1) is 30.4 Å². The molecule has 1 aromatic carbocycles. The maximum absolute atomic E-state index is 13.5. The molecule has 6 heteroatoms. The van der Waals surface area contributed by atoms with Crippen LogP contribution in [-0.2, 0) is 0 Å². The molecular formula is C15H11F2NO2S. The number of benzene rings is 1. The summed E-state index contributed by atoms with van der Waals surface area (Å²) in [6.07, 6.45) is 0. The van der Waals surface area contributed by atoms with Crippen LogP contribution >= 0.6 is 11.3 Å². The summed E-state index contributed by atoms with van der Waals surface area (Å²) < 4.78 is 26.6. The molecule has 0 saturated carbocycles. The molecule has 2 aromatic rings. The number of aliphatic hydroxyl groups is 1. The third kappa shape index (κ3) is 3.45. The van der Waals surface area contributed by atoms with E-state index in [1.165, 1.54) is 12.1 Å². The van der Waals surface area contributed by atoms with Crippen LogP contribution in [0.2, 0.25) is 0 Å². The summed E-state index contributed by atoms with van der Waals surface area (Å²) in [5.41, 5.74) is 0.569. The van der Waals surface area contributed by atoms with Gasteiger partial charge in [-0.3, -0.25) is 4.79 Å². The third-order valence-electron chi connectivity index (χ3n) is 2.62. The van der Waals surface area contributed by atoms with E-state index in [9.17, 15) is 13.6 Å². The van der Waals surface area contributed by atoms with E-state index in [-0.39, 0.29) is 12.3 Å². The van der Waals surface area contributed by atoms with Gasteiger partial charge in [-0.1, -0.05) is 17.9 Å². The number of anilines is 1. The lowest BCUT2D eigenvalue weighted by Gasteiger charge is -2.04. The number of nitrogens with one attached hydrogen (secondary N) is 1. The molecule has 3 nitrogen and oxygen atoms in total. The summed E-state index contributed by atoms with van der Waals surface area (Å²) in [4.78, 5) is 13.0. The molecule has 1 aromatic heterocycles. The number of rotatable bonds is 2. The van der Waals surface area contributed by atoms with Gasteiger partial charge in [0.1, 0.15) is 6.61 Å². The molecule has 108 valence electrons. The highest BCUT2D eigenvalue weighted by molar-refractivity contribution is 7.14. The fourth-order valence-corrected chi connectivity index (χ4v) is 2.56. The van der Waals surface area contributed by atoms with Crippen LogP contribution in [0.5, 0.6) is 0 Å². The van der Waals surface area contributed by atoms with Gasteiger partial charge < -0.3 is 10.4 Å². The lowest BCUT2D eigenvalue weighted by atomic mass is 10.2. The fraction of sp³-hybridized carbons (Fsp3) is 0.133. The maximum Gasteiger partial charge on any atom is 0.265 e. The third-order valence-corrected chi connectivity index (χ3v) is 3.77. The predicted octanol–water partition coefficient (Wildman–Crippen LogP) is 2.93. The second-order valence-electron chi connectivity index (χ2n) is 4.14. The van der Waals surface area contributed by atoms with Crippen LogP contribution in [0.15, 0.2) is 24.3 Å². The highest BCUT2D eigenvalue weighted by atomic mass is 32.1. The largest absolute Gasteiger partial charge is 0.384 e. The van der Waals surface area contributed by atoms with Crippen molar-refractivity contribution < 1.29 is 18.7 Å². The zero-order chi connectivity index (χ0) is 15.4. The van der Waals surface area contributed by atoms with Crippen molar-refractivity contribution in [1.82, 2.24) is 0 Å². The summed E-state index contributed by atoms with van der Waals surface area (Å²) in [5.74, 6) is 2.57. The van der Waals surface area contributed by atoms with Gasteiger partial charge in [0.05, 0.1) is 15.4 Å². The topological polar surface area (TPSA) is 49.3 Å². The predicted molar refractivity (Wildman–Crippen MR) is 77.3 cm³/mol. The summed E-state index contributed by atoms with van der Waals surface area (Å²) in [5, 5.41) is 11.0. The Hall–Kier alpha value is -2.23. The molecular weight excluding hydrogens is 296 g/mol. The van der Waals surface area contributed by atoms with E-state index in [4.69, 9.17) is 5.11 Å². The minimum atomic E-state index is -1.10. The molecule has 0 atom stereocenters. The Morgan fingerprint density at radius 3 is 2.90 bits per heavy atom. The molecule has 0 fully saturated rings. The summed E-state index contributed by atoms with van der Waals surface area (Å²) in [7, 11) is 0. The number of halogens is 2. The SMILES string of the molecule is Cc1cc(C(=O)Nc2cccc(F)c2F)sc1C#CCO. The van der Waals surface area contributed by atoms with Crippen molar-refractivity contribution in [3.63, 3.8) is 0 Å². The van der Waals surface area contributed by atoms with Crippen molar-refractivity contribution in [3.8, 4) is 11.8 Å². The van der Waals surface area contributed by atoms with Gasteiger partial charge in [-0.15, -0.1) is 11.3 Å². The highest BCUT2D eigenvalue weighted by Crippen LogP contribution is 2.23. The van der Waals surface area contributed by atoms with Crippen LogP contribution in [0.1, 0.15) is 20.1 Å². The van der Waals surface area contributed by atoms with Gasteiger partial charge in [-0.05, 0) is 30.7 Å². The number of aliphatic hydroxyl groups excluding tert-OH is 1. The van der Waals surface area contributed by atoms with Crippen LogP contribution in [0.25, 0.3) is 0 Å². The van der Waals surface area contributed by atoms with Crippen LogP contribution in [-0.4, -0.2) is 17.6 Å². The van der Waals surface area contributed by atoms with Crippen molar-refractivity contribution in [3.05, 3.63) is 51.2 Å². The zero-order valence-corrected chi connectivity index (χ0v) is 11.9. The molecule has 1 heterocycles. The second-order valence-corrected chi connectivity index (χ2v) is 5.19. The normalized spacial score (nSPS) is 9.90. The van der Waals surface area contributed by atoms with Crippen LogP contribution in [0.4, 0.5) is 14.5 Å². The van der Waals surface area contributed by atoms with Gasteiger partial charge in [0, 0.05) is 0 Å². The number of carbonyl (C=O) groups is 1. The molecule has 2 N–H and O–H groups in total. The average Bonchev–Trinajstić information content (AvgIpc) is 2.83. The van der Waals surface area contributed by atoms with Gasteiger partial charge in [0.2, 0.25) is 0 Å². The highest BCUT2D eigenvalue weighted by Gasteiger charge is 2.15. The number of hydrogen-bond acceptors (Lipinski definition) is 3. The van der Waals surface area contributed by atoms with E-state index in [0.717, 1.165) is 23.0 Å². The van der Waals surface area contributed by atoms with Gasteiger partial charge in [0.15, 0.2) is 11.6 Å². The van der Waals surface area contributed by atoms with Crippen molar-refractivity contribution in [2.45, 2.75) is 6.92 Å². The van der Waals surface area contributed by atoms with Gasteiger partial charge in [0.25, 0.3) is 5.91 Å². The minimum absolute atomic E-state index is 0.214. The second kappa shape index (κ2) is 6.48. The molecule has 0 saturated heterocycles. The van der Waals surface area contributed by atoms with Gasteiger partial charge in [-0.2, -0.15) is 0 Å². The maximum atomic E-state index is 13.5. The molecule has 1 amide bonds. The van der Waals surface area contributed by atoms with Gasteiger partial charge in [-0.25, -0.2) is 8.78 Å². The monoisotopic (exact) mass is 307 g/mol. The smallest absolute Gasteiger partial charge is 0.265 e. The zero-order valence-electron chi connectivity index (χ0n) is 11.0. The molecule has 0 unspecified atom stereocenters. The number of aryl methyl sites for hydroxylation is 1. The Bertz CT molecular complexity index is 744. The van der Waals surface area contributed by atoms with E-state index in [0.29, 0.717) is 9.75 Å². The Balaban J connectivity index is 2.23. The number of amides is 1. The van der Waals surface area contributed by atoms with Crippen molar-refractivity contribution in [2.75, 3.05) is 11.9 Å². The molecule has 2 rings (SSSR count). The Labute approximate surface area is 124 Å². The van der Waals surface area contributed by atoms with Crippen molar-refractivity contribution >= 4 is 22.9 Å². The summed E-state index contributed by atoms with van der Waals surface area (Å²) >= 11 is 1.12. The number of carbonyl (C=O) groups excluding carboxylic acids is 1. The Morgan fingerprint density at radius 2 is 2.19 bits per heavy atom. The lowest BCUT2D eigenvalue weighted by molar-refractivity contribution is 0.103. The molecule has 0 bridgehead atoms. The number of thiophene rings is 1. The van der Waals surface area contributed by atoms with Crippen LogP contribution in [0.3, 0.4) is 0 Å². The van der Waals surface area contributed by atoms with E-state index in [1.807, 2.05) is 0 Å². The first-order valence-corrected chi connectivity index (χ1v) is 6.80. The molecule has 21 heavy (non-hydrogen) atoms. The molecule has 0 aliphatic rings. The lowest BCUT2D eigenvalue weighted by Crippen LogP contribution is -2.11. The molecule has 0 spiro atoms. The minimum Gasteiger partial charge on any atom is -0.384 e. The summed E-state index contributed by atoms with van der Waals surface area (Å²) in [6, 6.07) is 5.18. The quantitative estimate of drug-likeness (QED) is 0.838. The number of hydrogen-bond donors (Lipinski definition) is 2. The standard InChI is InChI=1S/C15H11F2NO2S/c1-9-8-13(21-12(9)6-3-7-19)15(20)18-11-5-2-4-10(16)14(11)17/h2,4-5,8,19H,7H2,1H3,(H,18,20). The van der Waals surface area contributed by atoms with E-state index in [1.54, 1.807) is 13.0 Å². The Kier molecular flexibility index (Phi) is 4.68. The first-order valence-electron chi connectivity index (χ1n) is 5.98. The first kappa shape index (κ1) is 15.2. The van der Waals surface area contributed by atoms with Crippen molar-refractivity contribution in [2.24, 2.45) is 0 Å². The first-order chi connectivity index (χ1) is 10.0. The van der Waals surface area contributed by atoms with E-state index < -0.39 is 17.5 Å². The fourth-order valence-electron chi connectivity index (χ4n) is 1.62. The molecule has 0 aliphatic carbocycles. The Morgan fingerprint density at radius 1 is 1.43 bits per heavy atom.